The number of aryl methyl sites for hydroxylation is 1. The maximum absolute atomic E-state index is 11.3. The highest BCUT2D eigenvalue weighted by molar-refractivity contribution is 7.15. The number of hydrogen-bond donors (Lipinski definition) is 1. The maximum Gasteiger partial charge on any atom is 0.268 e. The fourth-order valence-corrected chi connectivity index (χ4v) is 2.65. The fourth-order valence-electron chi connectivity index (χ4n) is 1.65. The first kappa shape index (κ1) is 12.3. The molecule has 0 unspecified atom stereocenters. The fraction of sp³-hybridized carbons (Fsp3) is 0.143. The van der Waals surface area contributed by atoms with Crippen molar-refractivity contribution in [2.24, 2.45) is 5.73 Å². The largest absolute Gasteiger partial charge is 0.364 e. The summed E-state index contributed by atoms with van der Waals surface area (Å²) >= 11 is 1.48. The Balaban J connectivity index is 2.51. The quantitative estimate of drug-likeness (QED) is 0.858. The summed E-state index contributed by atoms with van der Waals surface area (Å²) in [5, 5.41) is 0.776. The second-order valence-electron chi connectivity index (χ2n) is 3.73. The molecule has 4 heteroatoms. The third kappa shape index (κ3) is 2.27. The minimum absolute atomic E-state index is 0.364. The highest BCUT2D eigenvalue weighted by atomic mass is 32.1. The molecule has 1 aromatic carbocycles. The molecule has 0 radical (unpaired) electrons. The monoisotopic (exact) mass is 256 g/mol. The van der Waals surface area contributed by atoms with E-state index < -0.39 is 5.91 Å². The summed E-state index contributed by atoms with van der Waals surface area (Å²) in [5.74, 6) is 2.10. The SMILES string of the molecule is C#Cc1cccc(-c2nc(C(N)=O)c(CC)s2)c1. The van der Waals surface area contributed by atoms with Crippen molar-refractivity contribution in [2.45, 2.75) is 13.3 Å². The molecule has 18 heavy (non-hydrogen) atoms. The lowest BCUT2D eigenvalue weighted by Crippen LogP contribution is -2.13. The molecule has 0 spiro atoms. The lowest BCUT2D eigenvalue weighted by atomic mass is 10.1. The summed E-state index contributed by atoms with van der Waals surface area (Å²) in [4.78, 5) is 16.5. The second kappa shape index (κ2) is 5.03. The van der Waals surface area contributed by atoms with Gasteiger partial charge in [0.05, 0.1) is 0 Å². The summed E-state index contributed by atoms with van der Waals surface area (Å²) in [7, 11) is 0. The Morgan fingerprint density at radius 2 is 2.33 bits per heavy atom. The Morgan fingerprint density at radius 1 is 1.56 bits per heavy atom. The number of benzene rings is 1. The normalized spacial score (nSPS) is 10.0. The standard InChI is InChI=1S/C14H12N2OS/c1-3-9-6-5-7-10(8-9)14-16-12(13(15)17)11(4-2)18-14/h1,5-8H,4H2,2H3,(H2,15,17). The number of carbonyl (C=O) groups is 1. The molecule has 1 amide bonds. The first-order chi connectivity index (χ1) is 8.65. The topological polar surface area (TPSA) is 56.0 Å². The Hall–Kier alpha value is -2.12. The predicted molar refractivity (Wildman–Crippen MR) is 73.4 cm³/mol. The van der Waals surface area contributed by atoms with Crippen molar-refractivity contribution < 1.29 is 4.79 Å². The van der Waals surface area contributed by atoms with Gasteiger partial charge in [-0.15, -0.1) is 17.8 Å². The van der Waals surface area contributed by atoms with E-state index in [9.17, 15) is 4.79 Å². The van der Waals surface area contributed by atoms with Crippen LogP contribution in [0.2, 0.25) is 0 Å². The highest BCUT2D eigenvalue weighted by Gasteiger charge is 2.15. The van der Waals surface area contributed by atoms with Crippen LogP contribution in [0.5, 0.6) is 0 Å². The van der Waals surface area contributed by atoms with Gasteiger partial charge in [0, 0.05) is 16.0 Å². The first-order valence-electron chi connectivity index (χ1n) is 5.52. The van der Waals surface area contributed by atoms with Gasteiger partial charge in [-0.3, -0.25) is 4.79 Å². The molecule has 0 aliphatic heterocycles. The minimum atomic E-state index is -0.484. The molecule has 3 nitrogen and oxygen atoms in total. The Bertz CT molecular complexity index is 637. The number of amides is 1. The van der Waals surface area contributed by atoms with E-state index in [0.29, 0.717) is 5.69 Å². The van der Waals surface area contributed by atoms with Crippen LogP contribution in [0.3, 0.4) is 0 Å². The molecule has 1 heterocycles. The van der Waals surface area contributed by atoms with E-state index in [1.807, 2.05) is 31.2 Å². The molecule has 0 aliphatic carbocycles. The number of nitrogens with zero attached hydrogens (tertiary/aromatic N) is 1. The number of hydrogen-bond acceptors (Lipinski definition) is 3. The van der Waals surface area contributed by atoms with E-state index in [0.717, 1.165) is 27.4 Å². The van der Waals surface area contributed by atoms with Crippen LogP contribution in [0, 0.1) is 12.3 Å². The first-order valence-corrected chi connectivity index (χ1v) is 6.34. The highest BCUT2D eigenvalue weighted by Crippen LogP contribution is 2.28. The summed E-state index contributed by atoms with van der Waals surface area (Å²) < 4.78 is 0. The molecule has 0 bridgehead atoms. The van der Waals surface area contributed by atoms with Gasteiger partial charge in [0.15, 0.2) is 0 Å². The van der Waals surface area contributed by atoms with Crippen molar-refractivity contribution in [3.05, 3.63) is 40.4 Å². The Kier molecular flexibility index (Phi) is 3.45. The summed E-state index contributed by atoms with van der Waals surface area (Å²) in [6, 6.07) is 7.53. The number of terminal acetylenes is 1. The molecule has 2 rings (SSSR count). The van der Waals surface area contributed by atoms with Crippen molar-refractivity contribution in [1.82, 2.24) is 4.98 Å². The van der Waals surface area contributed by atoms with Crippen molar-refractivity contribution in [3.63, 3.8) is 0 Å². The molecule has 0 fully saturated rings. The average Bonchev–Trinajstić information content (AvgIpc) is 2.83. The van der Waals surface area contributed by atoms with E-state index in [-0.39, 0.29) is 0 Å². The van der Waals surface area contributed by atoms with Gasteiger partial charge in [-0.05, 0) is 18.6 Å². The van der Waals surface area contributed by atoms with Gasteiger partial charge in [0.2, 0.25) is 0 Å². The van der Waals surface area contributed by atoms with Gasteiger partial charge in [-0.25, -0.2) is 4.98 Å². The third-order valence-electron chi connectivity index (χ3n) is 2.53. The molecule has 0 atom stereocenters. The average molecular weight is 256 g/mol. The van der Waals surface area contributed by atoms with Crippen LogP contribution in [-0.4, -0.2) is 10.9 Å². The van der Waals surface area contributed by atoms with Crippen LogP contribution in [0.15, 0.2) is 24.3 Å². The zero-order chi connectivity index (χ0) is 13.1. The molecule has 2 aromatic rings. The molecular formula is C14H12N2OS. The van der Waals surface area contributed by atoms with E-state index >= 15 is 0 Å². The van der Waals surface area contributed by atoms with E-state index in [4.69, 9.17) is 12.2 Å². The summed E-state index contributed by atoms with van der Waals surface area (Å²) in [6.45, 7) is 1.97. The third-order valence-corrected chi connectivity index (χ3v) is 3.78. The Morgan fingerprint density at radius 3 is 2.89 bits per heavy atom. The van der Waals surface area contributed by atoms with Crippen molar-refractivity contribution in [2.75, 3.05) is 0 Å². The maximum atomic E-state index is 11.3. The number of primary amides is 1. The molecule has 0 saturated carbocycles. The minimum Gasteiger partial charge on any atom is -0.364 e. The molecule has 1 aromatic heterocycles. The molecule has 0 saturated heterocycles. The lowest BCUT2D eigenvalue weighted by Gasteiger charge is -1.96. The van der Waals surface area contributed by atoms with Gasteiger partial charge in [0.25, 0.3) is 5.91 Å². The van der Waals surface area contributed by atoms with Crippen molar-refractivity contribution in [1.29, 1.82) is 0 Å². The second-order valence-corrected chi connectivity index (χ2v) is 4.82. The van der Waals surface area contributed by atoms with Crippen molar-refractivity contribution >= 4 is 17.2 Å². The van der Waals surface area contributed by atoms with Gasteiger partial charge >= 0.3 is 0 Å². The van der Waals surface area contributed by atoms with Crippen LogP contribution in [-0.2, 0) is 6.42 Å². The lowest BCUT2D eigenvalue weighted by molar-refractivity contribution is 0.0995. The van der Waals surface area contributed by atoms with Crippen LogP contribution in [0.1, 0.15) is 27.9 Å². The van der Waals surface area contributed by atoms with Gasteiger partial charge in [0.1, 0.15) is 10.7 Å². The molecule has 0 aliphatic rings. The molecular weight excluding hydrogens is 244 g/mol. The molecule has 2 N–H and O–H groups in total. The summed E-state index contributed by atoms with van der Waals surface area (Å²) in [6.07, 6.45) is 6.11. The van der Waals surface area contributed by atoms with E-state index in [1.54, 1.807) is 0 Å². The smallest absolute Gasteiger partial charge is 0.268 e. The van der Waals surface area contributed by atoms with Gasteiger partial charge in [-0.2, -0.15) is 0 Å². The number of carbonyl (C=O) groups excluding carboxylic acids is 1. The number of rotatable bonds is 3. The van der Waals surface area contributed by atoms with Crippen LogP contribution in [0.4, 0.5) is 0 Å². The number of nitrogens with two attached hydrogens (primary N) is 1. The van der Waals surface area contributed by atoms with E-state index in [1.165, 1.54) is 11.3 Å². The predicted octanol–water partition coefficient (Wildman–Crippen LogP) is 2.45. The van der Waals surface area contributed by atoms with Crippen LogP contribution in [0.25, 0.3) is 10.6 Å². The van der Waals surface area contributed by atoms with Crippen molar-refractivity contribution in [3.8, 4) is 22.9 Å². The molecule has 90 valence electrons. The number of thiazole rings is 1. The number of aromatic nitrogens is 1. The Labute approximate surface area is 110 Å². The van der Waals surface area contributed by atoms with Crippen LogP contribution < -0.4 is 5.73 Å². The summed E-state index contributed by atoms with van der Waals surface area (Å²) in [5.41, 5.74) is 7.38. The van der Waals surface area contributed by atoms with Gasteiger partial charge < -0.3 is 5.73 Å². The zero-order valence-corrected chi connectivity index (χ0v) is 10.8. The zero-order valence-electron chi connectivity index (χ0n) is 9.93. The van der Waals surface area contributed by atoms with E-state index in [2.05, 4.69) is 10.9 Å². The van der Waals surface area contributed by atoms with Gasteiger partial charge in [-0.1, -0.05) is 25.0 Å². The van der Waals surface area contributed by atoms with Crippen LogP contribution >= 0.6 is 11.3 Å².